The van der Waals surface area contributed by atoms with Gasteiger partial charge in [-0.05, 0) is 43.2 Å². The Morgan fingerprint density at radius 3 is 2.55 bits per heavy atom. The van der Waals surface area contributed by atoms with Crippen molar-refractivity contribution in [3.8, 4) is 22.8 Å². The minimum absolute atomic E-state index is 0.0298. The predicted octanol–water partition coefficient (Wildman–Crippen LogP) is 6.13. The average molecular weight is 431 g/mol. The molecule has 4 rings (SSSR count). The van der Waals surface area contributed by atoms with E-state index in [0.717, 1.165) is 29.3 Å². The molecule has 0 bridgehead atoms. The van der Waals surface area contributed by atoms with Gasteiger partial charge in [0.15, 0.2) is 11.5 Å². The van der Waals surface area contributed by atoms with Gasteiger partial charge in [-0.25, -0.2) is 4.98 Å². The van der Waals surface area contributed by atoms with Gasteiger partial charge in [0, 0.05) is 23.9 Å². The summed E-state index contributed by atoms with van der Waals surface area (Å²) in [6.45, 7) is 0.0298. The number of ether oxygens (including phenoxy) is 2. The van der Waals surface area contributed by atoms with Crippen molar-refractivity contribution >= 4 is 0 Å². The molecule has 8 heteroatoms. The van der Waals surface area contributed by atoms with Gasteiger partial charge in [0.2, 0.25) is 0 Å². The number of pyridine rings is 1. The summed E-state index contributed by atoms with van der Waals surface area (Å²) >= 11 is 0. The Labute approximate surface area is 178 Å². The summed E-state index contributed by atoms with van der Waals surface area (Å²) in [6, 6.07) is 7.80. The van der Waals surface area contributed by atoms with Crippen molar-refractivity contribution in [3.63, 3.8) is 0 Å². The molecule has 1 saturated carbocycles. The maximum Gasteiger partial charge on any atom is 0.417 e. The van der Waals surface area contributed by atoms with Crippen LogP contribution < -0.4 is 9.47 Å². The number of nitrogens with one attached hydrogen (secondary N) is 1. The highest BCUT2D eigenvalue weighted by molar-refractivity contribution is 5.63. The minimum Gasteiger partial charge on any atom is -0.493 e. The smallest absolute Gasteiger partial charge is 0.417 e. The molecule has 2 heterocycles. The molecule has 0 spiro atoms. The molecule has 0 radical (unpaired) electrons. The van der Waals surface area contributed by atoms with Crippen LogP contribution in [0, 0.1) is 0 Å². The molecular weight excluding hydrogens is 407 g/mol. The largest absolute Gasteiger partial charge is 0.493 e. The number of aromatic amines is 1. The molecule has 1 fully saturated rings. The fourth-order valence-corrected chi connectivity index (χ4v) is 3.85. The van der Waals surface area contributed by atoms with Crippen LogP contribution >= 0.6 is 0 Å². The number of hydrogen-bond acceptors (Lipinski definition) is 4. The lowest BCUT2D eigenvalue weighted by Crippen LogP contribution is -2.07. The molecule has 1 aliphatic carbocycles. The van der Waals surface area contributed by atoms with E-state index < -0.39 is 11.7 Å². The average Bonchev–Trinajstić information content (AvgIpc) is 3.28. The third-order valence-corrected chi connectivity index (χ3v) is 5.58. The number of benzene rings is 1. The van der Waals surface area contributed by atoms with Crippen molar-refractivity contribution in [1.29, 1.82) is 0 Å². The summed E-state index contributed by atoms with van der Waals surface area (Å²) < 4.78 is 49.2. The first-order chi connectivity index (χ1) is 14.9. The first-order valence-corrected chi connectivity index (χ1v) is 10.3. The van der Waals surface area contributed by atoms with Crippen molar-refractivity contribution in [1.82, 2.24) is 15.0 Å². The summed E-state index contributed by atoms with van der Waals surface area (Å²) in [5.74, 6) is 2.52. The fourth-order valence-electron chi connectivity index (χ4n) is 3.85. The van der Waals surface area contributed by atoms with Gasteiger partial charge in [-0.3, -0.25) is 4.98 Å². The molecule has 1 N–H and O–H groups in total. The first kappa shape index (κ1) is 21.2. The zero-order valence-electron chi connectivity index (χ0n) is 17.2. The summed E-state index contributed by atoms with van der Waals surface area (Å²) in [4.78, 5) is 11.9. The summed E-state index contributed by atoms with van der Waals surface area (Å²) in [6.07, 6.45) is 4.43. The molecule has 2 aromatic heterocycles. The Bertz CT molecular complexity index is 1010. The number of methoxy groups -OCH3 is 1. The molecule has 164 valence electrons. The lowest BCUT2D eigenvalue weighted by atomic mass is 9.89. The SMILES string of the molecule is COc1cc(-c2c[nH]c(C3CCCCC3)n2)ccc1OCc1ccc(C(F)(F)F)cn1. The third-order valence-electron chi connectivity index (χ3n) is 5.58. The van der Waals surface area contributed by atoms with Crippen LogP contribution in [-0.4, -0.2) is 22.1 Å². The number of rotatable bonds is 6. The Kier molecular flexibility index (Phi) is 6.15. The number of hydrogen-bond donors (Lipinski definition) is 1. The Balaban J connectivity index is 1.45. The lowest BCUT2D eigenvalue weighted by Gasteiger charge is -2.19. The zero-order chi connectivity index (χ0) is 21.8. The van der Waals surface area contributed by atoms with E-state index in [2.05, 4.69) is 9.97 Å². The van der Waals surface area contributed by atoms with Crippen LogP contribution in [0.3, 0.4) is 0 Å². The quantitative estimate of drug-likeness (QED) is 0.510. The number of nitrogens with zero attached hydrogens (tertiary/aromatic N) is 2. The van der Waals surface area contributed by atoms with E-state index in [1.807, 2.05) is 18.3 Å². The summed E-state index contributed by atoms with van der Waals surface area (Å²) in [7, 11) is 1.54. The van der Waals surface area contributed by atoms with E-state index in [1.54, 1.807) is 13.2 Å². The molecule has 31 heavy (non-hydrogen) atoms. The second-order valence-electron chi connectivity index (χ2n) is 7.70. The van der Waals surface area contributed by atoms with Crippen LogP contribution in [0.5, 0.6) is 11.5 Å². The molecule has 0 saturated heterocycles. The molecule has 3 aromatic rings. The summed E-state index contributed by atoms with van der Waals surface area (Å²) in [5, 5.41) is 0. The van der Waals surface area contributed by atoms with Gasteiger partial charge in [0.05, 0.1) is 24.1 Å². The van der Waals surface area contributed by atoms with Gasteiger partial charge in [-0.1, -0.05) is 19.3 Å². The van der Waals surface area contributed by atoms with E-state index in [1.165, 1.54) is 38.2 Å². The van der Waals surface area contributed by atoms with Crippen molar-refractivity contribution in [2.45, 2.75) is 50.8 Å². The van der Waals surface area contributed by atoms with Gasteiger partial charge < -0.3 is 14.5 Å². The van der Waals surface area contributed by atoms with Crippen LogP contribution in [0.15, 0.2) is 42.7 Å². The van der Waals surface area contributed by atoms with Crippen molar-refractivity contribution in [2.75, 3.05) is 7.11 Å². The molecule has 1 aromatic carbocycles. The summed E-state index contributed by atoms with van der Waals surface area (Å²) in [5.41, 5.74) is 1.35. The van der Waals surface area contributed by atoms with Crippen LogP contribution in [0.2, 0.25) is 0 Å². The second kappa shape index (κ2) is 8.99. The number of alkyl halides is 3. The highest BCUT2D eigenvalue weighted by Gasteiger charge is 2.30. The van der Waals surface area contributed by atoms with Crippen molar-refractivity contribution in [2.24, 2.45) is 0 Å². The Hall–Kier alpha value is -3.03. The maximum atomic E-state index is 12.7. The van der Waals surface area contributed by atoms with E-state index >= 15 is 0 Å². The van der Waals surface area contributed by atoms with Gasteiger partial charge >= 0.3 is 6.18 Å². The highest BCUT2D eigenvalue weighted by atomic mass is 19.4. The second-order valence-corrected chi connectivity index (χ2v) is 7.70. The zero-order valence-corrected chi connectivity index (χ0v) is 17.2. The maximum absolute atomic E-state index is 12.7. The Morgan fingerprint density at radius 2 is 1.87 bits per heavy atom. The van der Waals surface area contributed by atoms with Gasteiger partial charge in [-0.2, -0.15) is 13.2 Å². The monoisotopic (exact) mass is 431 g/mol. The van der Waals surface area contributed by atoms with Gasteiger partial charge in [0.25, 0.3) is 0 Å². The van der Waals surface area contributed by atoms with E-state index in [0.29, 0.717) is 23.1 Å². The van der Waals surface area contributed by atoms with Crippen LogP contribution in [0.4, 0.5) is 13.2 Å². The van der Waals surface area contributed by atoms with Crippen molar-refractivity contribution < 1.29 is 22.6 Å². The number of halogens is 3. The normalized spacial score (nSPS) is 15.1. The van der Waals surface area contributed by atoms with E-state index in [9.17, 15) is 13.2 Å². The first-order valence-electron chi connectivity index (χ1n) is 10.3. The van der Waals surface area contributed by atoms with Gasteiger partial charge in [-0.15, -0.1) is 0 Å². The third kappa shape index (κ3) is 5.00. The molecule has 1 aliphatic rings. The predicted molar refractivity (Wildman–Crippen MR) is 110 cm³/mol. The molecule has 0 unspecified atom stereocenters. The van der Waals surface area contributed by atoms with Crippen LogP contribution in [0.25, 0.3) is 11.3 Å². The lowest BCUT2D eigenvalue weighted by molar-refractivity contribution is -0.137. The van der Waals surface area contributed by atoms with E-state index in [-0.39, 0.29) is 6.61 Å². The number of H-pyrrole nitrogens is 1. The number of imidazole rings is 1. The fraction of sp³-hybridized carbons (Fsp3) is 0.391. The van der Waals surface area contributed by atoms with E-state index in [4.69, 9.17) is 14.5 Å². The minimum atomic E-state index is -4.41. The van der Waals surface area contributed by atoms with Crippen LogP contribution in [-0.2, 0) is 12.8 Å². The standard InChI is InChI=1S/C23H24F3N3O2/c1-30-21-11-16(19-13-28-22(29-19)15-5-3-2-4-6-15)7-10-20(21)31-14-18-9-8-17(12-27-18)23(24,25)26/h7-13,15H,2-6,14H2,1H3,(H,28,29). The number of aromatic nitrogens is 3. The van der Waals surface area contributed by atoms with Crippen LogP contribution in [0.1, 0.15) is 55.1 Å². The molecule has 0 aliphatic heterocycles. The van der Waals surface area contributed by atoms with Crippen molar-refractivity contribution in [3.05, 3.63) is 59.8 Å². The Morgan fingerprint density at radius 1 is 1.06 bits per heavy atom. The highest BCUT2D eigenvalue weighted by Crippen LogP contribution is 2.35. The molecule has 0 atom stereocenters. The molecule has 5 nitrogen and oxygen atoms in total. The molecule has 0 amide bonds. The molecular formula is C23H24F3N3O2. The topological polar surface area (TPSA) is 60.0 Å². The van der Waals surface area contributed by atoms with Gasteiger partial charge in [0.1, 0.15) is 12.4 Å².